The summed E-state index contributed by atoms with van der Waals surface area (Å²) in [5, 5.41) is 3.09. The number of carbonyl (C=O) groups excluding carboxylic acids is 1. The van der Waals surface area contributed by atoms with Gasteiger partial charge in [-0.05, 0) is 55.5 Å². The molecule has 0 aliphatic heterocycles. The third-order valence-corrected chi connectivity index (χ3v) is 6.93. The predicted octanol–water partition coefficient (Wildman–Crippen LogP) is 4.88. The van der Waals surface area contributed by atoms with Crippen molar-refractivity contribution in [3.8, 4) is 5.75 Å². The molecule has 0 radical (unpaired) electrons. The van der Waals surface area contributed by atoms with Crippen molar-refractivity contribution in [2.24, 2.45) is 17.8 Å². The number of carbonyl (C=O) groups is 1. The van der Waals surface area contributed by atoms with Crippen LogP contribution >= 0.6 is 0 Å². The molecule has 176 valence electrons. The average molecular weight is 457 g/mol. The molecule has 0 amide bonds. The lowest BCUT2D eigenvalue weighted by Crippen LogP contribution is -2.45. The summed E-state index contributed by atoms with van der Waals surface area (Å²) in [6.45, 7) is 1.33. The Kier molecular flexibility index (Phi) is 7.08. The van der Waals surface area contributed by atoms with E-state index in [1.165, 1.54) is 0 Å². The minimum absolute atomic E-state index is 0.0441. The van der Waals surface area contributed by atoms with Crippen molar-refractivity contribution < 1.29 is 23.0 Å². The van der Waals surface area contributed by atoms with E-state index in [0.29, 0.717) is 38.2 Å². The number of hydrogen-bond donors (Lipinski definition) is 1. The lowest BCUT2D eigenvalue weighted by molar-refractivity contribution is -0.146. The summed E-state index contributed by atoms with van der Waals surface area (Å²) in [6, 6.07) is 13.6. The molecule has 2 aromatic rings. The summed E-state index contributed by atoms with van der Waals surface area (Å²) in [4.78, 5) is 15.8. The van der Waals surface area contributed by atoms with Crippen LogP contribution in [0, 0.1) is 17.8 Å². The van der Waals surface area contributed by atoms with Gasteiger partial charge in [0.25, 0.3) is 6.47 Å². The number of likely N-dealkylation sites (N-methyl/N-ethyl adjacent to an activating group) is 1. The molecular weight excluding hydrogens is 426 g/mol. The Balaban J connectivity index is 1.48. The molecular formula is C26H30F2N2O3. The van der Waals surface area contributed by atoms with Gasteiger partial charge in [0.1, 0.15) is 18.0 Å². The van der Waals surface area contributed by atoms with Crippen LogP contribution < -0.4 is 10.1 Å². The van der Waals surface area contributed by atoms with Crippen molar-refractivity contribution in [3.63, 3.8) is 0 Å². The largest absolute Gasteiger partial charge is 0.487 e. The second-order valence-corrected chi connectivity index (χ2v) is 9.11. The Bertz CT molecular complexity index is 952. The molecule has 1 aromatic carbocycles. The number of pyridine rings is 1. The van der Waals surface area contributed by atoms with E-state index in [2.05, 4.69) is 10.3 Å². The molecule has 5 nitrogen and oxygen atoms in total. The summed E-state index contributed by atoms with van der Waals surface area (Å²) in [6.07, 6.45) is 6.12. The molecule has 33 heavy (non-hydrogen) atoms. The van der Waals surface area contributed by atoms with Gasteiger partial charge in [-0.3, -0.25) is 9.78 Å². The Morgan fingerprint density at radius 2 is 2.00 bits per heavy atom. The first-order valence-corrected chi connectivity index (χ1v) is 11.4. The molecule has 4 atom stereocenters. The van der Waals surface area contributed by atoms with E-state index in [-0.39, 0.29) is 30.6 Å². The van der Waals surface area contributed by atoms with E-state index in [1.807, 2.05) is 54.6 Å². The lowest BCUT2D eigenvalue weighted by atomic mass is 9.75. The van der Waals surface area contributed by atoms with Crippen LogP contribution in [0.4, 0.5) is 8.78 Å². The van der Waals surface area contributed by atoms with Gasteiger partial charge in [-0.2, -0.15) is 0 Å². The zero-order valence-electron chi connectivity index (χ0n) is 18.8. The van der Waals surface area contributed by atoms with Crippen molar-refractivity contribution in [2.45, 2.75) is 43.8 Å². The number of nitrogens with zero attached hydrogens (tertiary/aromatic N) is 1. The number of rotatable bonds is 9. The lowest BCUT2D eigenvalue weighted by Gasteiger charge is -2.35. The van der Waals surface area contributed by atoms with Crippen molar-refractivity contribution in [1.82, 2.24) is 10.3 Å². The monoisotopic (exact) mass is 456 g/mol. The second kappa shape index (κ2) is 10.00. The molecule has 4 unspecified atom stereocenters. The third kappa shape index (κ3) is 5.41. The maximum atomic E-state index is 14.1. The fraction of sp³-hybridized carbons (Fsp3) is 0.462. The molecule has 0 saturated heterocycles. The number of halogens is 2. The van der Waals surface area contributed by atoms with Crippen molar-refractivity contribution >= 4 is 12.5 Å². The van der Waals surface area contributed by atoms with Crippen LogP contribution in [0.5, 0.6) is 5.75 Å². The average Bonchev–Trinajstić information content (AvgIpc) is 3.09. The van der Waals surface area contributed by atoms with Crippen LogP contribution in [0.25, 0.3) is 6.08 Å². The van der Waals surface area contributed by atoms with E-state index in [0.717, 1.165) is 11.3 Å². The van der Waals surface area contributed by atoms with Gasteiger partial charge in [0, 0.05) is 25.3 Å². The number of alkyl halides is 2. The summed E-state index contributed by atoms with van der Waals surface area (Å²) in [5.74, 6) is -2.28. The highest BCUT2D eigenvalue weighted by Gasteiger charge is 2.57. The van der Waals surface area contributed by atoms with Gasteiger partial charge in [-0.15, -0.1) is 0 Å². The zero-order chi connectivity index (χ0) is 23.3. The van der Waals surface area contributed by atoms with Gasteiger partial charge in [0.15, 0.2) is 0 Å². The number of benzene rings is 1. The maximum absolute atomic E-state index is 14.1. The summed E-state index contributed by atoms with van der Waals surface area (Å²) < 4.78 is 39.6. The highest BCUT2D eigenvalue weighted by molar-refractivity contribution is 5.47. The molecule has 1 heterocycles. The summed E-state index contributed by atoms with van der Waals surface area (Å²) in [5.41, 5.74) is 0.976. The molecule has 2 aliphatic carbocycles. The molecule has 0 spiro atoms. The van der Waals surface area contributed by atoms with Crippen molar-refractivity contribution in [1.29, 1.82) is 0 Å². The van der Waals surface area contributed by atoms with Crippen LogP contribution in [0.2, 0.25) is 0 Å². The standard InChI is InChI=1S/C26H30F2N2O3/c1-29-17-25(33-18-31)13-20-14-26(27,28)12-11-23(20)24(25)10-8-21-7-9-22(15-30-21)32-16-19-5-3-2-4-6-19/h2-10,15,18,20,23-24,29H,11-14,16-17H2,1H3/b10-8+. The van der Waals surface area contributed by atoms with Crippen LogP contribution in [-0.4, -0.2) is 36.6 Å². The highest BCUT2D eigenvalue weighted by atomic mass is 19.3. The van der Waals surface area contributed by atoms with E-state index < -0.39 is 11.5 Å². The van der Waals surface area contributed by atoms with Crippen LogP contribution in [0.3, 0.4) is 0 Å². The summed E-state index contributed by atoms with van der Waals surface area (Å²) >= 11 is 0. The molecule has 2 fully saturated rings. The van der Waals surface area contributed by atoms with E-state index in [1.54, 1.807) is 13.2 Å². The van der Waals surface area contributed by atoms with Crippen molar-refractivity contribution in [3.05, 3.63) is 66.0 Å². The Morgan fingerprint density at radius 1 is 1.18 bits per heavy atom. The first-order valence-electron chi connectivity index (χ1n) is 11.4. The minimum atomic E-state index is -2.65. The molecule has 2 saturated carbocycles. The topological polar surface area (TPSA) is 60.5 Å². The van der Waals surface area contributed by atoms with Gasteiger partial charge < -0.3 is 14.8 Å². The van der Waals surface area contributed by atoms with Crippen molar-refractivity contribution in [2.75, 3.05) is 13.6 Å². The third-order valence-electron chi connectivity index (χ3n) is 6.93. The zero-order valence-corrected chi connectivity index (χ0v) is 18.8. The summed E-state index contributed by atoms with van der Waals surface area (Å²) in [7, 11) is 1.78. The van der Waals surface area contributed by atoms with Gasteiger partial charge in [0.2, 0.25) is 5.92 Å². The number of nitrogens with one attached hydrogen (secondary N) is 1. The van der Waals surface area contributed by atoms with Gasteiger partial charge in [0.05, 0.1) is 11.9 Å². The Hall–Kier alpha value is -2.80. The van der Waals surface area contributed by atoms with E-state index in [4.69, 9.17) is 9.47 Å². The maximum Gasteiger partial charge on any atom is 0.293 e. The molecule has 1 N–H and O–H groups in total. The fourth-order valence-corrected chi connectivity index (χ4v) is 5.51. The van der Waals surface area contributed by atoms with Crippen LogP contribution in [0.1, 0.15) is 36.9 Å². The van der Waals surface area contributed by atoms with E-state index in [9.17, 15) is 13.6 Å². The quantitative estimate of drug-likeness (QED) is 0.545. The van der Waals surface area contributed by atoms with E-state index >= 15 is 0 Å². The minimum Gasteiger partial charge on any atom is -0.487 e. The Morgan fingerprint density at radius 3 is 2.70 bits per heavy atom. The van der Waals surface area contributed by atoms with Gasteiger partial charge in [-0.1, -0.05) is 36.4 Å². The molecule has 1 aromatic heterocycles. The normalized spacial score (nSPS) is 28.4. The van der Waals surface area contributed by atoms with Crippen LogP contribution in [-0.2, 0) is 16.1 Å². The number of ether oxygens (including phenoxy) is 2. The highest BCUT2D eigenvalue weighted by Crippen LogP contribution is 2.56. The van der Waals surface area contributed by atoms with Gasteiger partial charge >= 0.3 is 0 Å². The Labute approximate surface area is 193 Å². The molecule has 2 aliphatic rings. The fourth-order valence-electron chi connectivity index (χ4n) is 5.51. The molecule has 4 rings (SSSR count). The number of aromatic nitrogens is 1. The SMILES string of the molecule is CNCC1(OC=O)CC2CC(F)(F)CCC2C1/C=C/c1ccc(OCc2ccccc2)cn1. The second-order valence-electron chi connectivity index (χ2n) is 9.11. The molecule has 0 bridgehead atoms. The molecule has 7 heteroatoms. The predicted molar refractivity (Wildman–Crippen MR) is 122 cm³/mol. The van der Waals surface area contributed by atoms with Crippen LogP contribution in [0.15, 0.2) is 54.7 Å². The number of hydrogen-bond acceptors (Lipinski definition) is 5. The van der Waals surface area contributed by atoms with Gasteiger partial charge in [-0.25, -0.2) is 8.78 Å². The first kappa shape index (κ1) is 23.4. The number of fused-ring (bicyclic) bond motifs is 1. The smallest absolute Gasteiger partial charge is 0.293 e. The first-order chi connectivity index (χ1) is 15.9.